The first-order valence-electron chi connectivity index (χ1n) is 9.09. The summed E-state index contributed by atoms with van der Waals surface area (Å²) in [4.78, 5) is 12.6. The third-order valence-electron chi connectivity index (χ3n) is 7.30. The van der Waals surface area contributed by atoms with Crippen LogP contribution in [-0.2, 0) is 21.4 Å². The third-order valence-corrected chi connectivity index (χ3v) is 7.30. The summed E-state index contributed by atoms with van der Waals surface area (Å²) in [6.07, 6.45) is 5.46. The van der Waals surface area contributed by atoms with Crippen LogP contribution >= 0.6 is 0 Å². The maximum atomic E-state index is 12.6. The average Bonchev–Trinajstić information content (AvgIpc) is 3.06. The van der Waals surface area contributed by atoms with Crippen LogP contribution in [0.5, 0.6) is 0 Å². The zero-order valence-electron chi connectivity index (χ0n) is 15.4. The summed E-state index contributed by atoms with van der Waals surface area (Å²) in [6, 6.07) is 4.10. The second-order valence-electron chi connectivity index (χ2n) is 8.23. The standard InChI is InChI=1S/C21H26O4/c1-13-14-6-10-21(23)19(2,8-5-9-20(21,3)18(22)24-4)16(14)12-17-15(13)7-11-25-17/h7,11-12,23H,5-6,8-10H2,1-4H3. The Morgan fingerprint density at radius 3 is 2.76 bits per heavy atom. The van der Waals surface area contributed by atoms with Crippen molar-refractivity contribution in [1.82, 2.24) is 0 Å². The van der Waals surface area contributed by atoms with E-state index in [9.17, 15) is 9.90 Å². The number of aryl methyl sites for hydroxylation is 1. The van der Waals surface area contributed by atoms with Crippen molar-refractivity contribution >= 4 is 16.9 Å². The van der Waals surface area contributed by atoms with Crippen LogP contribution in [-0.4, -0.2) is 23.8 Å². The number of hydrogen-bond acceptors (Lipinski definition) is 4. The van der Waals surface area contributed by atoms with Gasteiger partial charge in [0.15, 0.2) is 0 Å². The molecule has 1 heterocycles. The molecular formula is C21H26O4. The number of furan rings is 1. The molecule has 2 aliphatic rings. The minimum absolute atomic E-state index is 0.305. The van der Waals surface area contributed by atoms with E-state index < -0.39 is 16.4 Å². The minimum atomic E-state index is -1.12. The molecule has 1 N–H and O–H groups in total. The molecule has 3 unspecified atom stereocenters. The predicted octanol–water partition coefficient (Wildman–Crippen LogP) is 4.04. The van der Waals surface area contributed by atoms with Crippen molar-refractivity contribution in [3.05, 3.63) is 35.1 Å². The molecular weight excluding hydrogens is 316 g/mol. The summed E-state index contributed by atoms with van der Waals surface area (Å²) in [5, 5.41) is 13.0. The molecule has 2 aromatic rings. The maximum Gasteiger partial charge on any atom is 0.314 e. The Labute approximate surface area is 148 Å². The second-order valence-corrected chi connectivity index (χ2v) is 8.23. The Balaban J connectivity index is 1.97. The van der Waals surface area contributed by atoms with E-state index in [0.717, 1.165) is 35.8 Å². The van der Waals surface area contributed by atoms with E-state index >= 15 is 0 Å². The van der Waals surface area contributed by atoms with E-state index in [0.29, 0.717) is 12.8 Å². The Hall–Kier alpha value is -1.81. The highest BCUT2D eigenvalue weighted by atomic mass is 16.5. The topological polar surface area (TPSA) is 59.7 Å². The van der Waals surface area contributed by atoms with Gasteiger partial charge in [0.05, 0.1) is 24.4 Å². The van der Waals surface area contributed by atoms with Crippen molar-refractivity contribution in [1.29, 1.82) is 0 Å². The number of carbonyl (C=O) groups excluding carboxylic acids is 1. The van der Waals surface area contributed by atoms with Crippen molar-refractivity contribution in [3.8, 4) is 0 Å². The number of esters is 1. The molecule has 1 saturated carbocycles. The highest BCUT2D eigenvalue weighted by molar-refractivity contribution is 5.85. The van der Waals surface area contributed by atoms with Crippen molar-refractivity contribution in [2.24, 2.45) is 5.41 Å². The first-order chi connectivity index (χ1) is 11.8. The number of methoxy groups -OCH3 is 1. The lowest BCUT2D eigenvalue weighted by molar-refractivity contribution is -0.198. The number of aliphatic hydroxyl groups is 1. The lowest BCUT2D eigenvalue weighted by Crippen LogP contribution is -2.67. The molecule has 0 spiro atoms. The van der Waals surface area contributed by atoms with Crippen molar-refractivity contribution in [2.45, 2.75) is 63.9 Å². The van der Waals surface area contributed by atoms with Gasteiger partial charge < -0.3 is 14.3 Å². The van der Waals surface area contributed by atoms with Crippen molar-refractivity contribution in [2.75, 3.05) is 7.11 Å². The molecule has 0 saturated heterocycles. The highest BCUT2D eigenvalue weighted by Crippen LogP contribution is 2.60. The molecule has 3 atom stereocenters. The van der Waals surface area contributed by atoms with Crippen LogP contribution in [0.1, 0.15) is 56.2 Å². The molecule has 134 valence electrons. The smallest absolute Gasteiger partial charge is 0.314 e. The van der Waals surface area contributed by atoms with Crippen LogP contribution in [0.2, 0.25) is 0 Å². The largest absolute Gasteiger partial charge is 0.469 e. The van der Waals surface area contributed by atoms with E-state index in [1.165, 1.54) is 18.2 Å². The number of carbonyl (C=O) groups is 1. The fourth-order valence-corrected chi connectivity index (χ4v) is 5.67. The van der Waals surface area contributed by atoms with Gasteiger partial charge >= 0.3 is 5.97 Å². The van der Waals surface area contributed by atoms with E-state index in [4.69, 9.17) is 9.15 Å². The van der Waals surface area contributed by atoms with Gasteiger partial charge in [0.25, 0.3) is 0 Å². The molecule has 1 fully saturated rings. The maximum absolute atomic E-state index is 12.6. The summed E-state index contributed by atoms with van der Waals surface area (Å²) in [5.41, 5.74) is 2.02. The van der Waals surface area contributed by atoms with Crippen LogP contribution in [0.3, 0.4) is 0 Å². The van der Waals surface area contributed by atoms with Crippen LogP contribution in [0.15, 0.2) is 22.8 Å². The summed E-state index contributed by atoms with van der Waals surface area (Å²) >= 11 is 0. The molecule has 4 heteroatoms. The van der Waals surface area contributed by atoms with Crippen LogP contribution in [0, 0.1) is 12.3 Å². The molecule has 0 amide bonds. The van der Waals surface area contributed by atoms with E-state index in [1.807, 2.05) is 13.0 Å². The van der Waals surface area contributed by atoms with Gasteiger partial charge in [-0.25, -0.2) is 0 Å². The number of benzene rings is 1. The summed E-state index contributed by atoms with van der Waals surface area (Å²) in [6.45, 7) is 6.12. The lowest BCUT2D eigenvalue weighted by atomic mass is 9.46. The number of fused-ring (bicyclic) bond motifs is 4. The van der Waals surface area contributed by atoms with Crippen molar-refractivity contribution in [3.63, 3.8) is 0 Å². The van der Waals surface area contributed by atoms with Gasteiger partial charge in [-0.2, -0.15) is 0 Å². The predicted molar refractivity (Wildman–Crippen MR) is 95.5 cm³/mol. The van der Waals surface area contributed by atoms with Gasteiger partial charge in [-0.3, -0.25) is 4.79 Å². The molecule has 0 radical (unpaired) electrons. The van der Waals surface area contributed by atoms with Crippen LogP contribution in [0.4, 0.5) is 0 Å². The fourth-order valence-electron chi connectivity index (χ4n) is 5.67. The van der Waals surface area contributed by atoms with E-state index in [2.05, 4.69) is 19.9 Å². The monoisotopic (exact) mass is 342 g/mol. The van der Waals surface area contributed by atoms with Crippen molar-refractivity contribution < 1.29 is 19.1 Å². The normalized spacial score (nSPS) is 34.4. The average molecular weight is 342 g/mol. The Morgan fingerprint density at radius 2 is 2.04 bits per heavy atom. The first-order valence-corrected chi connectivity index (χ1v) is 9.09. The number of ether oxygens (including phenoxy) is 1. The van der Waals surface area contributed by atoms with Gasteiger partial charge in [0, 0.05) is 10.8 Å². The summed E-state index contributed by atoms with van der Waals surface area (Å²) in [7, 11) is 1.41. The van der Waals surface area contributed by atoms with Gasteiger partial charge in [-0.1, -0.05) is 13.3 Å². The molecule has 1 aromatic carbocycles. The third kappa shape index (κ3) is 1.84. The van der Waals surface area contributed by atoms with Gasteiger partial charge in [0.2, 0.25) is 0 Å². The van der Waals surface area contributed by atoms with Gasteiger partial charge in [-0.15, -0.1) is 0 Å². The highest BCUT2D eigenvalue weighted by Gasteiger charge is 2.66. The second kappa shape index (κ2) is 5.10. The molecule has 4 rings (SSSR count). The molecule has 25 heavy (non-hydrogen) atoms. The summed E-state index contributed by atoms with van der Waals surface area (Å²) in [5.74, 6) is -0.305. The molecule has 2 aliphatic carbocycles. The van der Waals surface area contributed by atoms with E-state index in [-0.39, 0.29) is 5.97 Å². The van der Waals surface area contributed by atoms with Gasteiger partial charge in [-0.05, 0) is 68.4 Å². The SMILES string of the molecule is COC(=O)C1(C)CCCC2(C)c3cc4occc4c(C)c3CCC12O. The molecule has 0 bridgehead atoms. The Kier molecular flexibility index (Phi) is 3.40. The minimum Gasteiger partial charge on any atom is -0.469 e. The Bertz CT molecular complexity index is 866. The van der Waals surface area contributed by atoms with Crippen LogP contribution in [0.25, 0.3) is 11.0 Å². The number of hydrogen-bond donors (Lipinski definition) is 1. The quantitative estimate of drug-likeness (QED) is 0.795. The zero-order chi connectivity index (χ0) is 18.0. The number of rotatable bonds is 1. The first kappa shape index (κ1) is 16.6. The lowest BCUT2D eigenvalue weighted by Gasteiger charge is -2.60. The van der Waals surface area contributed by atoms with Crippen LogP contribution < -0.4 is 0 Å². The molecule has 4 nitrogen and oxygen atoms in total. The fraction of sp³-hybridized carbons (Fsp3) is 0.571. The molecule has 0 aliphatic heterocycles. The Morgan fingerprint density at radius 1 is 1.28 bits per heavy atom. The zero-order valence-corrected chi connectivity index (χ0v) is 15.4. The van der Waals surface area contributed by atoms with Gasteiger partial charge in [0.1, 0.15) is 5.58 Å². The van der Waals surface area contributed by atoms with E-state index in [1.54, 1.807) is 6.26 Å². The summed E-state index contributed by atoms with van der Waals surface area (Å²) < 4.78 is 10.8. The molecule has 1 aromatic heterocycles.